The smallest absolute Gasteiger partial charge is 0.224 e. The SMILES string of the molecule is COc1ccc(CC(=O)NC2CCC(Nc3cc(N(C)C)c4ccccc4n3)CC2)cc1OC. The Morgan fingerprint density at radius 3 is 2.38 bits per heavy atom. The number of carbonyl (C=O) groups excluding carboxylic acids is 1. The summed E-state index contributed by atoms with van der Waals surface area (Å²) in [6.07, 6.45) is 4.21. The number of nitrogens with zero attached hydrogens (tertiary/aromatic N) is 2. The number of anilines is 2. The van der Waals surface area contributed by atoms with Crippen LogP contribution in [0.15, 0.2) is 48.5 Å². The number of hydrogen-bond acceptors (Lipinski definition) is 6. The summed E-state index contributed by atoms with van der Waals surface area (Å²) in [5, 5.41) is 7.99. The molecule has 1 aliphatic carbocycles. The molecule has 0 unspecified atom stereocenters. The molecule has 0 atom stereocenters. The highest BCUT2D eigenvalue weighted by molar-refractivity contribution is 5.93. The Morgan fingerprint density at radius 2 is 1.68 bits per heavy atom. The van der Waals surface area contributed by atoms with E-state index in [0.29, 0.717) is 24.0 Å². The third-order valence-corrected chi connectivity index (χ3v) is 6.43. The molecule has 7 heteroatoms. The van der Waals surface area contributed by atoms with Crippen LogP contribution in [-0.4, -0.2) is 51.3 Å². The molecule has 1 fully saturated rings. The fourth-order valence-corrected chi connectivity index (χ4v) is 4.65. The van der Waals surface area contributed by atoms with E-state index < -0.39 is 0 Å². The minimum atomic E-state index is 0.0375. The third-order valence-electron chi connectivity index (χ3n) is 6.43. The van der Waals surface area contributed by atoms with E-state index in [9.17, 15) is 4.79 Å². The summed E-state index contributed by atoms with van der Waals surface area (Å²) in [6.45, 7) is 0. The van der Waals surface area contributed by atoms with Crippen molar-refractivity contribution >= 4 is 28.3 Å². The number of hydrogen-bond donors (Lipinski definition) is 2. The second-order valence-electron chi connectivity index (χ2n) is 9.06. The molecule has 0 bridgehead atoms. The van der Waals surface area contributed by atoms with E-state index in [1.807, 2.05) is 30.3 Å². The standard InChI is InChI=1S/C27H34N4O3/c1-31(2)23-17-26(30-22-8-6-5-7-21(22)23)28-19-10-12-20(13-11-19)29-27(32)16-18-9-14-24(33-3)25(15-18)34-4/h5-9,14-15,17,19-20H,10-13,16H2,1-4H3,(H,28,30)(H,29,32). The molecule has 180 valence electrons. The van der Waals surface area contributed by atoms with Crippen molar-refractivity contribution in [2.24, 2.45) is 0 Å². The van der Waals surface area contributed by atoms with Gasteiger partial charge in [0.1, 0.15) is 5.82 Å². The number of fused-ring (bicyclic) bond motifs is 1. The summed E-state index contributed by atoms with van der Waals surface area (Å²) in [4.78, 5) is 19.6. The van der Waals surface area contributed by atoms with E-state index in [1.165, 1.54) is 0 Å². The van der Waals surface area contributed by atoms with Gasteiger partial charge in [-0.15, -0.1) is 0 Å². The summed E-state index contributed by atoms with van der Waals surface area (Å²) in [5.41, 5.74) is 3.06. The van der Waals surface area contributed by atoms with Gasteiger partial charge in [-0.3, -0.25) is 4.79 Å². The van der Waals surface area contributed by atoms with Gasteiger partial charge in [0, 0.05) is 43.3 Å². The van der Waals surface area contributed by atoms with Crippen LogP contribution in [0.2, 0.25) is 0 Å². The van der Waals surface area contributed by atoms with Crippen LogP contribution in [-0.2, 0) is 11.2 Å². The van der Waals surface area contributed by atoms with Crippen molar-refractivity contribution in [1.82, 2.24) is 10.3 Å². The van der Waals surface area contributed by atoms with Gasteiger partial charge in [-0.25, -0.2) is 4.98 Å². The van der Waals surface area contributed by atoms with Crippen LogP contribution in [0.4, 0.5) is 11.5 Å². The quantitative estimate of drug-likeness (QED) is 0.517. The Bertz CT molecular complexity index is 1140. The molecule has 1 heterocycles. The highest BCUT2D eigenvalue weighted by Crippen LogP contribution is 2.30. The van der Waals surface area contributed by atoms with E-state index >= 15 is 0 Å². The average molecular weight is 463 g/mol. The Kier molecular flexibility index (Phi) is 7.40. The second kappa shape index (κ2) is 10.6. The maximum atomic E-state index is 12.6. The van der Waals surface area contributed by atoms with Crippen LogP contribution < -0.4 is 25.0 Å². The fourth-order valence-electron chi connectivity index (χ4n) is 4.65. The van der Waals surface area contributed by atoms with Crippen LogP contribution in [0.25, 0.3) is 10.9 Å². The van der Waals surface area contributed by atoms with Gasteiger partial charge in [0.15, 0.2) is 11.5 Å². The number of amides is 1. The van der Waals surface area contributed by atoms with E-state index in [2.05, 4.69) is 47.8 Å². The van der Waals surface area contributed by atoms with Crippen molar-refractivity contribution in [3.63, 3.8) is 0 Å². The van der Waals surface area contributed by atoms with Crippen LogP contribution in [0, 0.1) is 0 Å². The van der Waals surface area contributed by atoms with Crippen molar-refractivity contribution < 1.29 is 14.3 Å². The zero-order valence-electron chi connectivity index (χ0n) is 20.4. The zero-order chi connectivity index (χ0) is 24.1. The fraction of sp³-hybridized carbons (Fsp3) is 0.407. The predicted molar refractivity (Wildman–Crippen MR) is 137 cm³/mol. The number of rotatable bonds is 8. The first-order valence-electron chi connectivity index (χ1n) is 11.8. The number of carbonyl (C=O) groups is 1. The number of nitrogens with one attached hydrogen (secondary N) is 2. The van der Waals surface area contributed by atoms with Crippen molar-refractivity contribution in [2.75, 3.05) is 38.5 Å². The van der Waals surface area contributed by atoms with Crippen LogP contribution >= 0.6 is 0 Å². The van der Waals surface area contributed by atoms with Crippen molar-refractivity contribution in [3.05, 3.63) is 54.1 Å². The molecule has 4 rings (SSSR count). The predicted octanol–water partition coefficient (Wildman–Crippen LogP) is 4.40. The number of pyridine rings is 1. The largest absolute Gasteiger partial charge is 0.493 e. The van der Waals surface area contributed by atoms with E-state index in [4.69, 9.17) is 14.5 Å². The number of aromatic nitrogens is 1. The van der Waals surface area contributed by atoms with Crippen molar-refractivity contribution in [1.29, 1.82) is 0 Å². The van der Waals surface area contributed by atoms with E-state index in [1.54, 1.807) is 14.2 Å². The van der Waals surface area contributed by atoms with E-state index in [-0.39, 0.29) is 11.9 Å². The van der Waals surface area contributed by atoms with Gasteiger partial charge < -0.3 is 25.0 Å². The van der Waals surface area contributed by atoms with Gasteiger partial charge in [-0.2, -0.15) is 0 Å². The van der Waals surface area contributed by atoms with Crippen LogP contribution in [0.3, 0.4) is 0 Å². The molecule has 34 heavy (non-hydrogen) atoms. The summed E-state index contributed by atoms with van der Waals surface area (Å²) < 4.78 is 10.6. The third kappa shape index (κ3) is 5.53. The highest BCUT2D eigenvalue weighted by Gasteiger charge is 2.23. The maximum Gasteiger partial charge on any atom is 0.224 e. The number of para-hydroxylation sites is 1. The van der Waals surface area contributed by atoms with E-state index in [0.717, 1.165) is 53.7 Å². The molecular formula is C27H34N4O3. The number of methoxy groups -OCH3 is 2. The molecule has 3 aromatic rings. The van der Waals surface area contributed by atoms with Gasteiger partial charge in [0.05, 0.1) is 26.2 Å². The molecule has 1 saturated carbocycles. The lowest BCUT2D eigenvalue weighted by Crippen LogP contribution is -2.40. The Balaban J connectivity index is 1.31. The Morgan fingerprint density at radius 1 is 0.971 bits per heavy atom. The molecule has 2 N–H and O–H groups in total. The van der Waals surface area contributed by atoms with Gasteiger partial charge in [0.2, 0.25) is 5.91 Å². The molecule has 0 spiro atoms. The molecule has 7 nitrogen and oxygen atoms in total. The van der Waals surface area contributed by atoms with Crippen LogP contribution in [0.5, 0.6) is 11.5 Å². The maximum absolute atomic E-state index is 12.6. The first-order valence-corrected chi connectivity index (χ1v) is 11.8. The monoisotopic (exact) mass is 462 g/mol. The molecule has 0 radical (unpaired) electrons. The van der Waals surface area contributed by atoms with Gasteiger partial charge in [0.25, 0.3) is 0 Å². The number of benzene rings is 2. The van der Waals surface area contributed by atoms with Crippen LogP contribution in [0.1, 0.15) is 31.2 Å². The minimum Gasteiger partial charge on any atom is -0.493 e. The van der Waals surface area contributed by atoms with Crippen molar-refractivity contribution in [3.8, 4) is 11.5 Å². The average Bonchev–Trinajstić information content (AvgIpc) is 2.84. The van der Waals surface area contributed by atoms with Gasteiger partial charge in [-0.1, -0.05) is 24.3 Å². The molecule has 0 saturated heterocycles. The van der Waals surface area contributed by atoms with Gasteiger partial charge in [-0.05, 0) is 49.4 Å². The lowest BCUT2D eigenvalue weighted by atomic mass is 9.91. The first-order chi connectivity index (χ1) is 16.5. The number of ether oxygens (including phenoxy) is 2. The molecule has 0 aliphatic heterocycles. The Labute approximate surface area is 201 Å². The first kappa shape index (κ1) is 23.7. The van der Waals surface area contributed by atoms with Crippen molar-refractivity contribution in [2.45, 2.75) is 44.2 Å². The molecule has 1 amide bonds. The lowest BCUT2D eigenvalue weighted by molar-refractivity contribution is -0.121. The molecule has 1 aliphatic rings. The minimum absolute atomic E-state index is 0.0375. The zero-order valence-corrected chi connectivity index (χ0v) is 20.4. The summed E-state index contributed by atoms with van der Waals surface area (Å²) in [5.74, 6) is 2.24. The summed E-state index contributed by atoms with van der Waals surface area (Å²) in [7, 11) is 7.32. The normalized spacial score (nSPS) is 17.8. The lowest BCUT2D eigenvalue weighted by Gasteiger charge is -2.30. The molecule has 2 aromatic carbocycles. The second-order valence-corrected chi connectivity index (χ2v) is 9.06. The summed E-state index contributed by atoms with van der Waals surface area (Å²) in [6, 6.07) is 16.5. The summed E-state index contributed by atoms with van der Waals surface area (Å²) >= 11 is 0. The molecule has 1 aromatic heterocycles. The van der Waals surface area contributed by atoms with Gasteiger partial charge >= 0.3 is 0 Å². The molecular weight excluding hydrogens is 428 g/mol. The Hall–Kier alpha value is -3.48. The highest BCUT2D eigenvalue weighted by atomic mass is 16.5. The topological polar surface area (TPSA) is 75.7 Å².